The third-order valence-electron chi connectivity index (χ3n) is 4.07. The Morgan fingerprint density at radius 1 is 1.33 bits per heavy atom. The fourth-order valence-corrected chi connectivity index (χ4v) is 2.88. The maximum Gasteiger partial charge on any atom is 0.327 e. The highest BCUT2D eigenvalue weighted by atomic mass is 16.4. The summed E-state index contributed by atoms with van der Waals surface area (Å²) in [5, 5.41) is 11.7. The van der Waals surface area contributed by atoms with Gasteiger partial charge >= 0.3 is 12.0 Å². The number of aliphatic carboxylic acids is 1. The molecule has 0 bridgehead atoms. The maximum absolute atomic E-state index is 11.8. The van der Waals surface area contributed by atoms with Gasteiger partial charge in [-0.1, -0.05) is 6.42 Å². The van der Waals surface area contributed by atoms with Crippen molar-refractivity contribution in [1.29, 1.82) is 0 Å². The summed E-state index contributed by atoms with van der Waals surface area (Å²) < 4.78 is 0. The Morgan fingerprint density at radius 2 is 2.05 bits per heavy atom. The van der Waals surface area contributed by atoms with Crippen LogP contribution in [-0.2, 0) is 14.4 Å². The van der Waals surface area contributed by atoms with E-state index in [0.29, 0.717) is 6.42 Å². The van der Waals surface area contributed by atoms with E-state index in [1.165, 1.54) is 11.9 Å². The lowest BCUT2D eigenvalue weighted by atomic mass is 9.96. The number of hydrogen-bond donors (Lipinski definition) is 2. The zero-order valence-corrected chi connectivity index (χ0v) is 11.9. The van der Waals surface area contributed by atoms with Crippen molar-refractivity contribution < 1.29 is 24.3 Å². The van der Waals surface area contributed by atoms with Crippen molar-refractivity contribution in [2.24, 2.45) is 11.8 Å². The summed E-state index contributed by atoms with van der Waals surface area (Å²) in [6.07, 6.45) is 2.23. The molecule has 8 heteroatoms. The number of hydrogen-bond acceptors (Lipinski definition) is 4. The number of carboxylic acids is 1. The van der Waals surface area contributed by atoms with Crippen LogP contribution in [0.5, 0.6) is 0 Å². The van der Waals surface area contributed by atoms with Gasteiger partial charge in [0.25, 0.3) is 5.91 Å². The molecular formula is C13H19N3O5. The lowest BCUT2D eigenvalue weighted by Gasteiger charge is -2.18. The second-order valence-corrected chi connectivity index (χ2v) is 5.56. The molecule has 2 unspecified atom stereocenters. The van der Waals surface area contributed by atoms with E-state index in [2.05, 4.69) is 5.32 Å². The normalized spacial score (nSPS) is 25.6. The maximum atomic E-state index is 11.8. The number of carboxylic acid groups (broad SMARTS) is 1. The monoisotopic (exact) mass is 297 g/mol. The molecular weight excluding hydrogens is 278 g/mol. The summed E-state index contributed by atoms with van der Waals surface area (Å²) in [6, 6.07) is -0.487. The highest BCUT2D eigenvalue weighted by Gasteiger charge is 2.36. The molecule has 116 valence electrons. The molecule has 2 aliphatic rings. The minimum absolute atomic E-state index is 0.0180. The molecule has 1 heterocycles. The SMILES string of the molecule is CN1CC(=O)N(CC(=O)NCC2CCCC2C(=O)O)C1=O. The Hall–Kier alpha value is -2.12. The van der Waals surface area contributed by atoms with Crippen LogP contribution in [0.15, 0.2) is 0 Å². The minimum Gasteiger partial charge on any atom is -0.481 e. The third kappa shape index (κ3) is 3.32. The number of nitrogens with one attached hydrogen (secondary N) is 1. The summed E-state index contributed by atoms with van der Waals surface area (Å²) in [5.74, 6) is -2.19. The largest absolute Gasteiger partial charge is 0.481 e. The predicted octanol–water partition coefficient (Wildman–Crippen LogP) is -0.502. The fraction of sp³-hybridized carbons (Fsp3) is 0.692. The average Bonchev–Trinajstić information content (AvgIpc) is 2.97. The first-order valence-electron chi connectivity index (χ1n) is 6.95. The van der Waals surface area contributed by atoms with E-state index < -0.39 is 29.7 Å². The zero-order valence-electron chi connectivity index (χ0n) is 11.9. The number of carbonyl (C=O) groups is 4. The Bertz CT molecular complexity index is 478. The van der Waals surface area contributed by atoms with Gasteiger partial charge < -0.3 is 15.3 Å². The van der Waals surface area contributed by atoms with Crippen molar-refractivity contribution in [3.05, 3.63) is 0 Å². The molecule has 2 atom stereocenters. The molecule has 1 saturated carbocycles. The Morgan fingerprint density at radius 3 is 2.62 bits per heavy atom. The molecule has 1 saturated heterocycles. The second kappa shape index (κ2) is 6.11. The zero-order chi connectivity index (χ0) is 15.6. The van der Waals surface area contributed by atoms with Gasteiger partial charge in [-0.3, -0.25) is 19.3 Å². The van der Waals surface area contributed by atoms with Gasteiger partial charge in [0.2, 0.25) is 5.91 Å². The van der Waals surface area contributed by atoms with E-state index >= 15 is 0 Å². The van der Waals surface area contributed by atoms with E-state index in [0.717, 1.165) is 17.7 Å². The predicted molar refractivity (Wildman–Crippen MR) is 71.2 cm³/mol. The molecule has 0 radical (unpaired) electrons. The highest BCUT2D eigenvalue weighted by Crippen LogP contribution is 2.31. The first kappa shape index (κ1) is 15.3. The topological polar surface area (TPSA) is 107 Å². The lowest BCUT2D eigenvalue weighted by molar-refractivity contribution is -0.143. The van der Waals surface area contributed by atoms with Crippen LogP contribution < -0.4 is 5.32 Å². The number of carbonyl (C=O) groups excluding carboxylic acids is 3. The molecule has 0 aromatic carbocycles. The molecule has 0 aromatic heterocycles. The molecule has 2 N–H and O–H groups in total. The molecule has 0 aromatic rings. The van der Waals surface area contributed by atoms with Crippen molar-refractivity contribution >= 4 is 23.8 Å². The lowest BCUT2D eigenvalue weighted by Crippen LogP contribution is -2.42. The Balaban J connectivity index is 1.81. The molecule has 8 nitrogen and oxygen atoms in total. The molecule has 2 rings (SSSR count). The molecule has 21 heavy (non-hydrogen) atoms. The molecule has 1 aliphatic heterocycles. The Kier molecular flexibility index (Phi) is 4.44. The molecule has 4 amide bonds. The van der Waals surface area contributed by atoms with Crippen molar-refractivity contribution in [3.8, 4) is 0 Å². The summed E-state index contributed by atoms with van der Waals surface area (Å²) >= 11 is 0. The average molecular weight is 297 g/mol. The second-order valence-electron chi connectivity index (χ2n) is 5.56. The number of amides is 4. The van der Waals surface area contributed by atoms with Crippen LogP contribution in [0.1, 0.15) is 19.3 Å². The van der Waals surface area contributed by atoms with E-state index in [1.54, 1.807) is 0 Å². The van der Waals surface area contributed by atoms with E-state index in [4.69, 9.17) is 5.11 Å². The van der Waals surface area contributed by atoms with Crippen LogP contribution in [-0.4, -0.2) is 65.4 Å². The highest BCUT2D eigenvalue weighted by molar-refractivity contribution is 6.04. The van der Waals surface area contributed by atoms with Gasteiger partial charge in [-0.2, -0.15) is 0 Å². The molecule has 2 fully saturated rings. The van der Waals surface area contributed by atoms with Crippen molar-refractivity contribution in [2.75, 3.05) is 26.7 Å². The third-order valence-corrected chi connectivity index (χ3v) is 4.07. The van der Waals surface area contributed by atoms with E-state index in [1.807, 2.05) is 0 Å². The van der Waals surface area contributed by atoms with Gasteiger partial charge in [0.1, 0.15) is 13.1 Å². The fourth-order valence-electron chi connectivity index (χ4n) is 2.88. The summed E-state index contributed by atoms with van der Waals surface area (Å²) in [7, 11) is 1.49. The van der Waals surface area contributed by atoms with Gasteiger partial charge in [-0.25, -0.2) is 4.79 Å². The van der Waals surface area contributed by atoms with Crippen LogP contribution in [0, 0.1) is 11.8 Å². The van der Waals surface area contributed by atoms with Crippen LogP contribution in [0.3, 0.4) is 0 Å². The van der Waals surface area contributed by atoms with Crippen molar-refractivity contribution in [2.45, 2.75) is 19.3 Å². The van der Waals surface area contributed by atoms with Crippen LogP contribution in [0.25, 0.3) is 0 Å². The summed E-state index contributed by atoms with van der Waals surface area (Å²) in [5.41, 5.74) is 0. The summed E-state index contributed by atoms with van der Waals surface area (Å²) in [6.45, 7) is -0.0653. The number of imide groups is 1. The number of urea groups is 1. The molecule has 1 aliphatic carbocycles. The molecule has 0 spiro atoms. The van der Waals surface area contributed by atoms with Crippen LogP contribution in [0.4, 0.5) is 4.79 Å². The number of likely N-dealkylation sites (N-methyl/N-ethyl adjacent to an activating group) is 1. The Labute approximate surface area is 122 Å². The van der Waals surface area contributed by atoms with Crippen LogP contribution >= 0.6 is 0 Å². The van der Waals surface area contributed by atoms with Crippen molar-refractivity contribution in [1.82, 2.24) is 15.1 Å². The van der Waals surface area contributed by atoms with Gasteiger partial charge in [0.15, 0.2) is 0 Å². The summed E-state index contributed by atoms with van der Waals surface area (Å²) in [4.78, 5) is 48.2. The first-order chi connectivity index (χ1) is 9.90. The first-order valence-corrected chi connectivity index (χ1v) is 6.95. The van der Waals surface area contributed by atoms with E-state index in [9.17, 15) is 19.2 Å². The quantitative estimate of drug-likeness (QED) is 0.665. The number of nitrogens with zero attached hydrogens (tertiary/aromatic N) is 2. The van der Waals surface area contributed by atoms with Crippen LogP contribution in [0.2, 0.25) is 0 Å². The van der Waals surface area contributed by atoms with Gasteiger partial charge in [0, 0.05) is 13.6 Å². The minimum atomic E-state index is -0.835. The van der Waals surface area contributed by atoms with E-state index in [-0.39, 0.29) is 25.6 Å². The van der Waals surface area contributed by atoms with Gasteiger partial charge in [-0.15, -0.1) is 0 Å². The number of rotatable bonds is 5. The standard InChI is InChI=1S/C13H19N3O5/c1-15-7-11(18)16(13(15)21)6-10(17)14-5-8-3-2-4-9(8)12(19)20/h8-9H,2-7H2,1H3,(H,14,17)(H,19,20). The van der Waals surface area contributed by atoms with Gasteiger partial charge in [-0.05, 0) is 18.8 Å². The smallest absolute Gasteiger partial charge is 0.327 e. The van der Waals surface area contributed by atoms with Gasteiger partial charge in [0.05, 0.1) is 5.92 Å². The van der Waals surface area contributed by atoms with Crippen molar-refractivity contribution in [3.63, 3.8) is 0 Å².